The summed E-state index contributed by atoms with van der Waals surface area (Å²) in [5, 5.41) is 62.8. The van der Waals surface area contributed by atoms with E-state index < -0.39 is 34.5 Å². The summed E-state index contributed by atoms with van der Waals surface area (Å²) < 4.78 is 22.4. The van der Waals surface area contributed by atoms with E-state index in [2.05, 4.69) is 0 Å². The van der Waals surface area contributed by atoms with E-state index in [0.29, 0.717) is 30.0 Å². The van der Waals surface area contributed by atoms with Crippen LogP contribution in [0, 0.1) is 0 Å². The highest BCUT2D eigenvalue weighted by Gasteiger charge is 2.33. The molecule has 1 unspecified atom stereocenters. The van der Waals surface area contributed by atoms with Crippen molar-refractivity contribution < 1.29 is 49.3 Å². The predicted molar refractivity (Wildman–Crippen MR) is 166 cm³/mol. The van der Waals surface area contributed by atoms with E-state index in [-0.39, 0.29) is 51.6 Å². The summed E-state index contributed by atoms with van der Waals surface area (Å²) in [6.07, 6.45) is 0.563. The van der Waals surface area contributed by atoms with Crippen molar-refractivity contribution in [2.45, 2.75) is 19.0 Å². The van der Waals surface area contributed by atoms with Crippen molar-refractivity contribution in [3.63, 3.8) is 0 Å². The Kier molecular flexibility index (Phi) is 7.66. The number of fused-ring (bicyclic) bond motifs is 2. The minimum Gasteiger partial charge on any atom is -0.507 e. The first-order chi connectivity index (χ1) is 22.1. The molecule has 12 heteroatoms. The highest BCUT2D eigenvalue weighted by Crippen LogP contribution is 2.45. The lowest BCUT2D eigenvalue weighted by Crippen LogP contribution is -2.36. The second-order valence-corrected chi connectivity index (χ2v) is 10.9. The Balaban J connectivity index is 1.55. The maximum Gasteiger partial charge on any atom is 0.238 e. The summed E-state index contributed by atoms with van der Waals surface area (Å²) in [6, 6.07) is 12.9. The number of phenolic OH excluding ortho intramolecular Hbond substituents is 5. The summed E-state index contributed by atoms with van der Waals surface area (Å²) in [4.78, 5) is 15.4. The van der Waals surface area contributed by atoms with E-state index >= 15 is 0 Å². The lowest BCUT2D eigenvalue weighted by molar-refractivity contribution is 0.201. The molecule has 0 saturated heterocycles. The number of ether oxygens (including phenoxy) is 3. The van der Waals surface area contributed by atoms with Crippen LogP contribution >= 0.6 is 0 Å². The second-order valence-electron chi connectivity index (χ2n) is 10.9. The molecular formula is C34H31NO11. The van der Waals surface area contributed by atoms with Crippen molar-refractivity contribution in [3.8, 4) is 63.1 Å². The summed E-state index contributed by atoms with van der Waals surface area (Å²) >= 11 is 0. The zero-order valence-electron chi connectivity index (χ0n) is 25.1. The van der Waals surface area contributed by atoms with Crippen LogP contribution in [0.3, 0.4) is 0 Å². The normalized spacial score (nSPS) is 14.6. The van der Waals surface area contributed by atoms with Gasteiger partial charge in [0.2, 0.25) is 11.2 Å². The van der Waals surface area contributed by atoms with Crippen LogP contribution in [0.4, 0.5) is 0 Å². The van der Waals surface area contributed by atoms with Gasteiger partial charge in [0.25, 0.3) is 0 Å². The molecular weight excluding hydrogens is 598 g/mol. The summed E-state index contributed by atoms with van der Waals surface area (Å²) in [6.45, 7) is 0.435. The van der Waals surface area contributed by atoms with Gasteiger partial charge in [-0.25, -0.2) is 0 Å². The van der Waals surface area contributed by atoms with Crippen LogP contribution in [0.1, 0.15) is 28.3 Å². The van der Waals surface area contributed by atoms with Gasteiger partial charge in [0.05, 0.1) is 32.9 Å². The van der Waals surface area contributed by atoms with E-state index in [1.165, 1.54) is 26.4 Å². The number of rotatable bonds is 7. The van der Waals surface area contributed by atoms with Crippen molar-refractivity contribution in [3.05, 3.63) is 87.1 Å². The number of methoxy groups -OCH3 is 3. The number of hydrogen-bond donors (Lipinski definition) is 6. The standard InChI is InChI=1S/C34H31NO11/c1-43-26-7-5-17(10-24(26)39)30-19-13-28(45-3)27(44-2)12-16(19)8-9-35(30)15-20-22(37)14-25(40)29-31(41)32(42)33(46-34(20)29)18-4-6-21(36)23(38)11-18/h4-7,10-14,30,36-40,42H,8-9,15H2,1-3H3. The Morgan fingerprint density at radius 2 is 1.48 bits per heavy atom. The molecule has 0 amide bonds. The third kappa shape index (κ3) is 4.98. The van der Waals surface area contributed by atoms with E-state index in [0.717, 1.165) is 23.3 Å². The largest absolute Gasteiger partial charge is 0.507 e. The Morgan fingerprint density at radius 1 is 0.761 bits per heavy atom. The smallest absolute Gasteiger partial charge is 0.238 e. The molecule has 1 aliphatic rings. The molecule has 12 nitrogen and oxygen atoms in total. The SMILES string of the molecule is COc1ccc(C2c3cc(OC)c(OC)cc3CCN2Cc2c(O)cc(O)c3c(=O)c(O)c(-c4ccc(O)c(O)c4)oc23)cc1O. The van der Waals surface area contributed by atoms with Crippen LogP contribution in [0.25, 0.3) is 22.3 Å². The Bertz CT molecular complexity index is 2050. The molecule has 1 aromatic heterocycles. The van der Waals surface area contributed by atoms with Gasteiger partial charge in [-0.15, -0.1) is 0 Å². The van der Waals surface area contributed by atoms with Crippen LogP contribution in [0.5, 0.6) is 51.7 Å². The number of aromatic hydroxyl groups is 6. The zero-order chi connectivity index (χ0) is 32.9. The van der Waals surface area contributed by atoms with Gasteiger partial charge in [-0.1, -0.05) is 6.07 Å². The van der Waals surface area contributed by atoms with Gasteiger partial charge >= 0.3 is 0 Å². The molecule has 5 aromatic rings. The molecule has 0 aliphatic carbocycles. The van der Waals surface area contributed by atoms with Crippen LogP contribution in [-0.4, -0.2) is 63.4 Å². The molecule has 4 aromatic carbocycles. The maximum absolute atomic E-state index is 13.4. The van der Waals surface area contributed by atoms with Gasteiger partial charge in [0, 0.05) is 24.7 Å². The predicted octanol–water partition coefficient (Wildman–Crippen LogP) is 4.87. The monoisotopic (exact) mass is 629 g/mol. The van der Waals surface area contributed by atoms with Crippen LogP contribution < -0.4 is 19.6 Å². The van der Waals surface area contributed by atoms with E-state index in [9.17, 15) is 35.4 Å². The molecule has 0 radical (unpaired) electrons. The number of benzene rings is 4. The minimum atomic E-state index is -0.958. The van der Waals surface area contributed by atoms with Gasteiger partial charge in [0.15, 0.2) is 45.8 Å². The van der Waals surface area contributed by atoms with Crippen molar-refractivity contribution in [2.24, 2.45) is 0 Å². The summed E-state index contributed by atoms with van der Waals surface area (Å²) in [5.74, 6) is -1.80. The minimum absolute atomic E-state index is 0.0121. The third-order valence-corrected chi connectivity index (χ3v) is 8.29. The molecule has 1 atom stereocenters. The fourth-order valence-electron chi connectivity index (χ4n) is 6.03. The topological polar surface area (TPSA) is 183 Å². The fourth-order valence-corrected chi connectivity index (χ4v) is 6.03. The molecule has 6 rings (SSSR count). The maximum atomic E-state index is 13.4. The van der Waals surface area contributed by atoms with Crippen molar-refractivity contribution in [2.75, 3.05) is 27.9 Å². The highest BCUT2D eigenvalue weighted by molar-refractivity contribution is 5.91. The first kappa shape index (κ1) is 30.3. The molecule has 0 spiro atoms. The molecule has 0 bridgehead atoms. The van der Waals surface area contributed by atoms with Gasteiger partial charge in [-0.3, -0.25) is 9.69 Å². The Labute approximate surface area is 262 Å². The van der Waals surface area contributed by atoms with Gasteiger partial charge in [-0.2, -0.15) is 0 Å². The van der Waals surface area contributed by atoms with Crippen LogP contribution in [0.15, 0.2) is 63.8 Å². The van der Waals surface area contributed by atoms with Crippen LogP contribution in [0.2, 0.25) is 0 Å². The molecule has 2 heterocycles. The lowest BCUT2D eigenvalue weighted by atomic mass is 9.87. The number of nitrogens with zero attached hydrogens (tertiary/aromatic N) is 1. The quantitative estimate of drug-likeness (QED) is 0.135. The van der Waals surface area contributed by atoms with Gasteiger partial charge in [-0.05, 0) is 65.6 Å². The average Bonchev–Trinajstić information content (AvgIpc) is 3.04. The molecule has 0 saturated carbocycles. The molecule has 1 aliphatic heterocycles. The number of hydrogen-bond acceptors (Lipinski definition) is 12. The third-order valence-electron chi connectivity index (χ3n) is 8.29. The van der Waals surface area contributed by atoms with Crippen molar-refractivity contribution >= 4 is 11.0 Å². The molecule has 46 heavy (non-hydrogen) atoms. The highest BCUT2D eigenvalue weighted by atomic mass is 16.5. The zero-order valence-corrected chi connectivity index (χ0v) is 25.1. The van der Waals surface area contributed by atoms with Crippen molar-refractivity contribution in [1.82, 2.24) is 4.90 Å². The fraction of sp³-hybridized carbons (Fsp3) is 0.206. The molecule has 6 N–H and O–H groups in total. The van der Waals surface area contributed by atoms with Gasteiger partial charge < -0.3 is 49.3 Å². The van der Waals surface area contributed by atoms with E-state index in [1.54, 1.807) is 19.2 Å². The van der Waals surface area contributed by atoms with Crippen LogP contribution in [-0.2, 0) is 13.0 Å². The Morgan fingerprint density at radius 3 is 2.15 bits per heavy atom. The van der Waals surface area contributed by atoms with E-state index in [4.69, 9.17) is 18.6 Å². The van der Waals surface area contributed by atoms with Gasteiger partial charge in [0.1, 0.15) is 16.9 Å². The lowest BCUT2D eigenvalue weighted by Gasteiger charge is -2.38. The Hall–Kier alpha value is -5.75. The molecule has 238 valence electrons. The molecule has 0 fully saturated rings. The van der Waals surface area contributed by atoms with Crippen molar-refractivity contribution in [1.29, 1.82) is 0 Å². The number of phenols is 5. The summed E-state index contributed by atoms with van der Waals surface area (Å²) in [7, 11) is 4.53. The first-order valence-corrected chi connectivity index (χ1v) is 14.2. The van der Waals surface area contributed by atoms with E-state index in [1.807, 2.05) is 23.1 Å². The summed E-state index contributed by atoms with van der Waals surface area (Å²) in [5.41, 5.74) is 1.57. The first-order valence-electron chi connectivity index (χ1n) is 14.2. The average molecular weight is 630 g/mol. The second kappa shape index (κ2) is 11.6.